The Balaban J connectivity index is 3.37. The van der Waals surface area contributed by atoms with Gasteiger partial charge in [0.05, 0.1) is 20.3 Å². The Morgan fingerprint density at radius 1 is 1.35 bits per heavy atom. The third-order valence-corrected chi connectivity index (χ3v) is 2.57. The molecule has 1 aromatic rings. The van der Waals surface area contributed by atoms with E-state index in [0.29, 0.717) is 22.6 Å². The van der Waals surface area contributed by atoms with Gasteiger partial charge in [-0.1, -0.05) is 0 Å². The van der Waals surface area contributed by atoms with Gasteiger partial charge in [0.2, 0.25) is 0 Å². The molecular formula is C12H18FNO3. The van der Waals surface area contributed by atoms with E-state index in [9.17, 15) is 9.50 Å². The quantitative estimate of drug-likeness (QED) is 0.826. The van der Waals surface area contributed by atoms with Gasteiger partial charge in [-0.15, -0.1) is 0 Å². The van der Waals surface area contributed by atoms with Crippen molar-refractivity contribution in [1.29, 1.82) is 0 Å². The number of benzene rings is 1. The molecule has 0 spiro atoms. The van der Waals surface area contributed by atoms with E-state index in [1.165, 1.54) is 21.1 Å². The Hall–Kier alpha value is -1.33. The van der Waals surface area contributed by atoms with Crippen LogP contribution in [0.1, 0.15) is 30.3 Å². The van der Waals surface area contributed by atoms with E-state index in [2.05, 4.69) is 0 Å². The van der Waals surface area contributed by atoms with Gasteiger partial charge in [0, 0.05) is 12.1 Å². The maximum absolute atomic E-state index is 13.3. The molecule has 0 aromatic heterocycles. The second kappa shape index (κ2) is 5.84. The summed E-state index contributed by atoms with van der Waals surface area (Å²) >= 11 is 0. The SMILES string of the molecule is COc1cc(C(C)F)cc(C(O)CN)c1OC. The van der Waals surface area contributed by atoms with Crippen LogP contribution in [0.15, 0.2) is 12.1 Å². The van der Waals surface area contributed by atoms with Gasteiger partial charge in [0.1, 0.15) is 6.17 Å². The maximum atomic E-state index is 13.3. The van der Waals surface area contributed by atoms with E-state index in [1.807, 2.05) is 0 Å². The van der Waals surface area contributed by atoms with E-state index < -0.39 is 12.3 Å². The highest BCUT2D eigenvalue weighted by atomic mass is 19.1. The Labute approximate surface area is 100 Å². The van der Waals surface area contributed by atoms with Crippen LogP contribution >= 0.6 is 0 Å². The highest BCUT2D eigenvalue weighted by Gasteiger charge is 2.19. The van der Waals surface area contributed by atoms with Gasteiger partial charge in [0.15, 0.2) is 11.5 Å². The summed E-state index contributed by atoms with van der Waals surface area (Å²) < 4.78 is 23.6. The zero-order valence-corrected chi connectivity index (χ0v) is 10.2. The molecule has 1 aromatic carbocycles. The predicted molar refractivity (Wildman–Crippen MR) is 63.1 cm³/mol. The first kappa shape index (κ1) is 13.7. The van der Waals surface area contributed by atoms with Gasteiger partial charge in [-0.3, -0.25) is 0 Å². The number of hydrogen-bond donors (Lipinski definition) is 2. The van der Waals surface area contributed by atoms with Crippen LogP contribution in [-0.2, 0) is 0 Å². The molecular weight excluding hydrogens is 225 g/mol. The van der Waals surface area contributed by atoms with E-state index >= 15 is 0 Å². The lowest BCUT2D eigenvalue weighted by atomic mass is 10.0. The number of aliphatic hydroxyl groups excluding tert-OH is 1. The second-order valence-electron chi connectivity index (χ2n) is 3.71. The predicted octanol–water partition coefficient (Wildman–Crippen LogP) is 1.73. The molecule has 0 bridgehead atoms. The molecule has 96 valence electrons. The fourth-order valence-electron chi connectivity index (χ4n) is 1.62. The van der Waals surface area contributed by atoms with Crippen molar-refractivity contribution in [2.45, 2.75) is 19.2 Å². The lowest BCUT2D eigenvalue weighted by Gasteiger charge is -2.18. The van der Waals surface area contributed by atoms with Crippen LogP contribution in [0.25, 0.3) is 0 Å². The zero-order chi connectivity index (χ0) is 13.0. The minimum Gasteiger partial charge on any atom is -0.493 e. The van der Waals surface area contributed by atoms with Crippen LogP contribution < -0.4 is 15.2 Å². The second-order valence-corrected chi connectivity index (χ2v) is 3.71. The number of nitrogens with two attached hydrogens (primary N) is 1. The number of hydrogen-bond acceptors (Lipinski definition) is 4. The number of halogens is 1. The van der Waals surface area contributed by atoms with Crippen LogP contribution in [0.4, 0.5) is 4.39 Å². The highest BCUT2D eigenvalue weighted by Crippen LogP contribution is 2.38. The summed E-state index contributed by atoms with van der Waals surface area (Å²) in [4.78, 5) is 0. The molecule has 0 heterocycles. The Kier molecular flexibility index (Phi) is 4.72. The van der Waals surface area contributed by atoms with Gasteiger partial charge in [0.25, 0.3) is 0 Å². The minimum absolute atomic E-state index is 0.0314. The molecule has 1 rings (SSSR count). The Bertz CT molecular complexity index is 382. The number of ether oxygens (including phenoxy) is 2. The molecule has 0 radical (unpaired) electrons. The van der Waals surface area contributed by atoms with Crippen molar-refractivity contribution in [3.05, 3.63) is 23.3 Å². The molecule has 0 fully saturated rings. The standard InChI is InChI=1S/C12H18FNO3/c1-7(13)8-4-9(10(15)6-14)12(17-3)11(5-8)16-2/h4-5,7,10,15H,6,14H2,1-3H3. The summed E-state index contributed by atoms with van der Waals surface area (Å²) in [5, 5.41) is 9.78. The molecule has 2 atom stereocenters. The monoisotopic (exact) mass is 243 g/mol. The van der Waals surface area contributed by atoms with E-state index in [1.54, 1.807) is 12.1 Å². The molecule has 17 heavy (non-hydrogen) atoms. The van der Waals surface area contributed by atoms with Crippen molar-refractivity contribution in [2.24, 2.45) is 5.73 Å². The van der Waals surface area contributed by atoms with Gasteiger partial charge >= 0.3 is 0 Å². The van der Waals surface area contributed by atoms with Gasteiger partial charge < -0.3 is 20.3 Å². The first-order valence-electron chi connectivity index (χ1n) is 5.33. The van der Waals surface area contributed by atoms with Gasteiger partial charge in [-0.25, -0.2) is 4.39 Å². The molecule has 4 nitrogen and oxygen atoms in total. The van der Waals surface area contributed by atoms with Gasteiger partial charge in [-0.05, 0) is 24.6 Å². The summed E-state index contributed by atoms with van der Waals surface area (Å²) in [6, 6.07) is 3.10. The van der Waals surface area contributed by atoms with Crippen molar-refractivity contribution in [1.82, 2.24) is 0 Å². The van der Waals surface area contributed by atoms with Crippen LogP contribution in [0.5, 0.6) is 11.5 Å². The number of alkyl halides is 1. The first-order valence-corrected chi connectivity index (χ1v) is 5.33. The smallest absolute Gasteiger partial charge is 0.166 e. The van der Waals surface area contributed by atoms with Crippen molar-refractivity contribution >= 4 is 0 Å². The molecule has 0 saturated carbocycles. The van der Waals surface area contributed by atoms with E-state index in [0.717, 1.165) is 0 Å². The lowest BCUT2D eigenvalue weighted by Crippen LogP contribution is -2.13. The first-order chi connectivity index (χ1) is 8.04. The molecule has 2 unspecified atom stereocenters. The third kappa shape index (κ3) is 2.87. The fraction of sp³-hybridized carbons (Fsp3) is 0.500. The summed E-state index contributed by atoms with van der Waals surface area (Å²) in [5.74, 6) is 0.770. The average molecular weight is 243 g/mol. The molecule has 3 N–H and O–H groups in total. The van der Waals surface area contributed by atoms with E-state index in [4.69, 9.17) is 15.2 Å². The van der Waals surface area contributed by atoms with Crippen molar-refractivity contribution in [3.63, 3.8) is 0 Å². The van der Waals surface area contributed by atoms with E-state index in [-0.39, 0.29) is 6.54 Å². The van der Waals surface area contributed by atoms with Crippen LogP contribution in [0.2, 0.25) is 0 Å². The van der Waals surface area contributed by atoms with Crippen molar-refractivity contribution in [3.8, 4) is 11.5 Å². The molecule has 5 heteroatoms. The molecule has 0 amide bonds. The largest absolute Gasteiger partial charge is 0.493 e. The Morgan fingerprint density at radius 2 is 2.00 bits per heavy atom. The molecule has 0 aliphatic rings. The zero-order valence-electron chi connectivity index (χ0n) is 10.2. The Morgan fingerprint density at radius 3 is 2.41 bits per heavy atom. The summed E-state index contributed by atoms with van der Waals surface area (Å²) in [6.45, 7) is 1.45. The number of aliphatic hydroxyl groups is 1. The molecule has 0 saturated heterocycles. The average Bonchev–Trinajstić information content (AvgIpc) is 2.35. The van der Waals surface area contributed by atoms with Crippen LogP contribution in [-0.4, -0.2) is 25.9 Å². The number of rotatable bonds is 5. The van der Waals surface area contributed by atoms with Gasteiger partial charge in [-0.2, -0.15) is 0 Å². The number of methoxy groups -OCH3 is 2. The maximum Gasteiger partial charge on any atom is 0.166 e. The van der Waals surface area contributed by atoms with Crippen molar-refractivity contribution in [2.75, 3.05) is 20.8 Å². The van der Waals surface area contributed by atoms with Crippen LogP contribution in [0, 0.1) is 0 Å². The summed E-state index contributed by atoms with van der Waals surface area (Å²) in [6.07, 6.45) is -2.06. The lowest BCUT2D eigenvalue weighted by molar-refractivity contribution is 0.180. The third-order valence-electron chi connectivity index (χ3n) is 2.57. The van der Waals surface area contributed by atoms with Crippen molar-refractivity contribution < 1.29 is 19.0 Å². The highest BCUT2D eigenvalue weighted by molar-refractivity contribution is 5.51. The fourth-order valence-corrected chi connectivity index (χ4v) is 1.62. The molecule has 0 aliphatic heterocycles. The summed E-state index contributed by atoms with van der Waals surface area (Å²) in [5.41, 5.74) is 6.27. The molecule has 0 aliphatic carbocycles. The summed E-state index contributed by atoms with van der Waals surface area (Å²) in [7, 11) is 2.92. The minimum atomic E-state index is -1.15. The normalized spacial score (nSPS) is 14.2. The van der Waals surface area contributed by atoms with Crippen LogP contribution in [0.3, 0.4) is 0 Å². The topological polar surface area (TPSA) is 64.7 Å².